The molecule has 5 rings (SSSR count). The smallest absolute Gasteiger partial charge is 0.258 e. The zero-order valence-corrected chi connectivity index (χ0v) is 17.4. The molecule has 1 atom stereocenters. The highest BCUT2D eigenvalue weighted by atomic mass is 16.5. The lowest BCUT2D eigenvalue weighted by Gasteiger charge is -2.24. The van der Waals surface area contributed by atoms with Gasteiger partial charge in [-0.3, -0.25) is 0 Å². The first-order valence-corrected chi connectivity index (χ1v) is 9.83. The fourth-order valence-electron chi connectivity index (χ4n) is 3.64. The highest BCUT2D eigenvalue weighted by molar-refractivity contribution is 5.62. The molecule has 0 N–H and O–H groups in total. The van der Waals surface area contributed by atoms with E-state index in [1.54, 1.807) is 14.2 Å². The van der Waals surface area contributed by atoms with Gasteiger partial charge in [0.1, 0.15) is 17.6 Å². The maximum atomic E-state index is 6.08. The molecule has 9 nitrogen and oxygen atoms in total. The number of fused-ring (bicyclic) bond motifs is 1. The van der Waals surface area contributed by atoms with Gasteiger partial charge in [-0.25, -0.2) is 4.68 Å². The van der Waals surface area contributed by atoms with Crippen LogP contribution in [0.2, 0.25) is 0 Å². The number of hydrogen-bond acceptors (Lipinski definition) is 8. The van der Waals surface area contributed by atoms with Gasteiger partial charge < -0.3 is 18.7 Å². The molecule has 2 aromatic heterocycles. The lowest BCUT2D eigenvalue weighted by molar-refractivity contribution is -0.00114. The number of hydrogen-bond donors (Lipinski definition) is 0. The third-order valence-electron chi connectivity index (χ3n) is 5.39. The van der Waals surface area contributed by atoms with Crippen LogP contribution in [0.5, 0.6) is 11.5 Å². The molecule has 9 heteroatoms. The molecule has 1 unspecified atom stereocenters. The summed E-state index contributed by atoms with van der Waals surface area (Å²) in [6.07, 6.45) is -0.115. The molecule has 0 spiro atoms. The van der Waals surface area contributed by atoms with Crippen molar-refractivity contribution < 1.29 is 18.7 Å². The average molecular weight is 419 g/mol. The number of nitrogens with zero attached hydrogens (tertiary/aromatic N) is 5. The largest absolute Gasteiger partial charge is 0.497 e. The second kappa shape index (κ2) is 7.84. The second-order valence-corrected chi connectivity index (χ2v) is 7.24. The van der Waals surface area contributed by atoms with Crippen LogP contribution in [-0.2, 0) is 17.9 Å². The van der Waals surface area contributed by atoms with Crippen LogP contribution >= 0.6 is 0 Å². The number of aryl methyl sites for hydroxylation is 1. The van der Waals surface area contributed by atoms with Gasteiger partial charge in [-0.05, 0) is 48.4 Å². The summed E-state index contributed by atoms with van der Waals surface area (Å²) in [5.74, 6) is 2.39. The normalized spacial score (nSPS) is 15.5. The van der Waals surface area contributed by atoms with Crippen molar-refractivity contribution in [3.8, 4) is 34.5 Å². The Labute approximate surface area is 178 Å². The summed E-state index contributed by atoms with van der Waals surface area (Å²) in [7, 11) is 3.28. The van der Waals surface area contributed by atoms with Gasteiger partial charge in [0.2, 0.25) is 5.82 Å². The van der Waals surface area contributed by atoms with Gasteiger partial charge in [-0.2, -0.15) is 4.98 Å². The van der Waals surface area contributed by atoms with Crippen molar-refractivity contribution in [1.29, 1.82) is 0 Å². The van der Waals surface area contributed by atoms with Crippen LogP contribution in [0.3, 0.4) is 0 Å². The van der Waals surface area contributed by atoms with Gasteiger partial charge in [-0.1, -0.05) is 22.5 Å². The molecule has 0 aliphatic carbocycles. The van der Waals surface area contributed by atoms with E-state index >= 15 is 0 Å². The van der Waals surface area contributed by atoms with E-state index in [4.69, 9.17) is 18.7 Å². The number of benzene rings is 2. The number of rotatable bonds is 5. The zero-order valence-electron chi connectivity index (χ0n) is 17.4. The third-order valence-corrected chi connectivity index (χ3v) is 5.39. The Morgan fingerprint density at radius 1 is 1.03 bits per heavy atom. The molecular weight excluding hydrogens is 398 g/mol. The number of aromatic nitrogens is 5. The van der Waals surface area contributed by atoms with Gasteiger partial charge in [0.15, 0.2) is 5.69 Å². The van der Waals surface area contributed by atoms with Crippen LogP contribution in [0.1, 0.15) is 22.9 Å². The Kier molecular flexibility index (Phi) is 4.87. The van der Waals surface area contributed by atoms with Crippen molar-refractivity contribution in [2.45, 2.75) is 26.2 Å². The highest BCUT2D eigenvalue weighted by Gasteiger charge is 2.28. The number of methoxy groups -OCH3 is 2. The molecule has 0 amide bonds. The van der Waals surface area contributed by atoms with Crippen molar-refractivity contribution in [1.82, 2.24) is 25.1 Å². The van der Waals surface area contributed by atoms with E-state index in [0.29, 0.717) is 30.6 Å². The molecular formula is C22H21N5O4. The lowest BCUT2D eigenvalue weighted by Crippen LogP contribution is -2.22. The summed E-state index contributed by atoms with van der Waals surface area (Å²) in [5.41, 5.74) is 4.26. The van der Waals surface area contributed by atoms with Gasteiger partial charge >= 0.3 is 0 Å². The number of ether oxygens (including phenoxy) is 3. The molecule has 0 fully saturated rings. The first kappa shape index (κ1) is 19.3. The molecule has 0 bridgehead atoms. The summed E-state index contributed by atoms with van der Waals surface area (Å²) in [6, 6.07) is 13.5. The van der Waals surface area contributed by atoms with Gasteiger partial charge in [-0.15, -0.1) is 5.10 Å². The molecule has 2 aromatic carbocycles. The van der Waals surface area contributed by atoms with Crippen molar-refractivity contribution in [2.75, 3.05) is 14.2 Å². The first-order chi connectivity index (χ1) is 15.2. The minimum Gasteiger partial charge on any atom is -0.497 e. The van der Waals surface area contributed by atoms with Crippen molar-refractivity contribution in [3.05, 3.63) is 59.3 Å². The standard InChI is InChI=1S/C22H21N5O4/c1-13-10-16(29-3)8-9-17(13)22-23-21(25-31-22)20-18-12-30-19(11-27(18)26-24-20)14-4-6-15(28-2)7-5-14/h4-10,19H,11-12H2,1-3H3. The summed E-state index contributed by atoms with van der Waals surface area (Å²) in [5, 5.41) is 12.7. The molecule has 158 valence electrons. The molecule has 1 aliphatic heterocycles. The fraction of sp³-hybridized carbons (Fsp3) is 0.273. The molecule has 4 aromatic rings. The van der Waals surface area contributed by atoms with Crippen molar-refractivity contribution >= 4 is 0 Å². The average Bonchev–Trinajstić information content (AvgIpc) is 3.45. The predicted octanol–water partition coefficient (Wildman–Crippen LogP) is 3.59. The Hall–Kier alpha value is -3.72. The Morgan fingerprint density at radius 3 is 2.55 bits per heavy atom. The molecule has 3 heterocycles. The minimum absolute atomic E-state index is 0.115. The third kappa shape index (κ3) is 3.53. The second-order valence-electron chi connectivity index (χ2n) is 7.24. The lowest BCUT2D eigenvalue weighted by atomic mass is 10.1. The molecule has 0 radical (unpaired) electrons. The van der Waals surface area contributed by atoms with Gasteiger partial charge in [0.05, 0.1) is 33.1 Å². The monoisotopic (exact) mass is 419 g/mol. The quantitative estimate of drug-likeness (QED) is 0.484. The summed E-state index contributed by atoms with van der Waals surface area (Å²) in [4.78, 5) is 4.54. The Balaban J connectivity index is 1.39. The fourth-order valence-corrected chi connectivity index (χ4v) is 3.64. The van der Waals surface area contributed by atoms with Crippen LogP contribution in [0, 0.1) is 6.92 Å². The molecule has 1 aliphatic rings. The Bertz CT molecular complexity index is 1220. The first-order valence-electron chi connectivity index (χ1n) is 9.83. The van der Waals surface area contributed by atoms with E-state index in [-0.39, 0.29) is 6.10 Å². The van der Waals surface area contributed by atoms with Crippen LogP contribution in [0.15, 0.2) is 47.0 Å². The molecule has 0 saturated heterocycles. The molecule has 0 saturated carbocycles. The Morgan fingerprint density at radius 2 is 1.81 bits per heavy atom. The van der Waals surface area contributed by atoms with E-state index in [1.807, 2.05) is 54.1 Å². The summed E-state index contributed by atoms with van der Waals surface area (Å²) < 4.78 is 23.9. The SMILES string of the molecule is COc1ccc(C2Cn3nnc(-c4noc(-c5ccc(OC)cc5C)n4)c3CO2)cc1. The van der Waals surface area contributed by atoms with E-state index in [0.717, 1.165) is 33.9 Å². The maximum Gasteiger partial charge on any atom is 0.258 e. The highest BCUT2D eigenvalue weighted by Crippen LogP contribution is 2.32. The van der Waals surface area contributed by atoms with Crippen molar-refractivity contribution in [2.24, 2.45) is 0 Å². The van der Waals surface area contributed by atoms with Gasteiger partial charge in [0.25, 0.3) is 5.89 Å². The summed E-state index contributed by atoms with van der Waals surface area (Å²) in [6.45, 7) is 2.87. The zero-order chi connectivity index (χ0) is 21.4. The van der Waals surface area contributed by atoms with Crippen LogP contribution < -0.4 is 9.47 Å². The van der Waals surface area contributed by atoms with Crippen LogP contribution in [-0.4, -0.2) is 39.4 Å². The van der Waals surface area contributed by atoms with Crippen LogP contribution in [0.25, 0.3) is 23.0 Å². The topological polar surface area (TPSA) is 97.3 Å². The minimum atomic E-state index is -0.115. The van der Waals surface area contributed by atoms with Crippen LogP contribution in [0.4, 0.5) is 0 Å². The van der Waals surface area contributed by atoms with E-state index in [9.17, 15) is 0 Å². The molecule has 31 heavy (non-hydrogen) atoms. The maximum absolute atomic E-state index is 6.08. The van der Waals surface area contributed by atoms with E-state index < -0.39 is 0 Å². The van der Waals surface area contributed by atoms with Gasteiger partial charge in [0, 0.05) is 5.56 Å². The predicted molar refractivity (Wildman–Crippen MR) is 111 cm³/mol. The van der Waals surface area contributed by atoms with E-state index in [2.05, 4.69) is 20.5 Å². The van der Waals surface area contributed by atoms with Crippen molar-refractivity contribution in [3.63, 3.8) is 0 Å². The van der Waals surface area contributed by atoms with E-state index in [1.165, 1.54) is 0 Å². The summed E-state index contributed by atoms with van der Waals surface area (Å²) >= 11 is 0.